The zero-order chi connectivity index (χ0) is 78.5. The maximum Gasteiger partial charge on any atom is 0.323 e. The number of nitrogens with one attached hydrogen (secondary N) is 4. The molecule has 0 saturated carbocycles. The molecule has 0 aromatic heterocycles. The minimum absolute atomic E-state index is 0.00816. The lowest BCUT2D eigenvalue weighted by atomic mass is 9.73. The molecule has 2 atom stereocenters. The van der Waals surface area contributed by atoms with Crippen molar-refractivity contribution in [3.8, 4) is 69.0 Å². The number of benzene rings is 6. The molecule has 0 aliphatic carbocycles. The van der Waals surface area contributed by atoms with E-state index >= 15 is 4.79 Å². The molecular weight excluding hydrogens is 1400 g/mol. The van der Waals surface area contributed by atoms with Crippen molar-refractivity contribution in [2.24, 2.45) is 5.41 Å². The van der Waals surface area contributed by atoms with Gasteiger partial charge in [-0.25, -0.2) is 0 Å². The monoisotopic (exact) mass is 1500 g/mol. The minimum Gasteiger partial charge on any atom is -0.504 e. The van der Waals surface area contributed by atoms with Gasteiger partial charge in [-0.15, -0.1) is 26.3 Å². The van der Waals surface area contributed by atoms with E-state index in [2.05, 4.69) is 47.6 Å². The standard InChI is InChI=1S/C79H96N6O23/c1-5-32-84(33-6-2)60(44-52-23-25-63(87)68(92)46-52)76(100)107-42-38-103-36-40-105-55-48-54(49-56(50-55)106-41-37-104-39-43-108-77(101)61(85(34-7-3)35-8-4)45-53-24-26-64(88)69(93)47-53)73(97)82-51-83-78(102)79(27-10-9-19-62(86)57-16-11-20-65(89)70(57)94,28-14-30-80-74(98)58-17-12-21-66(90)71(58)95)29-15-31-81-75(99)59-18-13-22-67(91)72(59)96/h5-8,11-13,16-18,20-26,46-50,60-61,87-96H,1-4,9-10,14-15,19,27-45,51H2,(H,80,98)(H,81,99)(H,82,97)(H,83,102)/t60-,61-/m0/s1. The number of rotatable bonds is 50. The fourth-order valence-corrected chi connectivity index (χ4v) is 11.7. The van der Waals surface area contributed by atoms with E-state index in [1.165, 1.54) is 97.1 Å². The van der Waals surface area contributed by atoms with Crippen molar-refractivity contribution in [1.82, 2.24) is 31.1 Å². The highest BCUT2D eigenvalue weighted by molar-refractivity contribution is 6.00. The lowest BCUT2D eigenvalue weighted by molar-refractivity contribution is -0.152. The number of phenols is 10. The molecule has 0 saturated heterocycles. The van der Waals surface area contributed by atoms with E-state index in [1.807, 2.05) is 0 Å². The first-order valence-electron chi connectivity index (χ1n) is 35.0. The van der Waals surface area contributed by atoms with Crippen molar-refractivity contribution in [3.05, 3.63) is 193 Å². The molecule has 0 unspecified atom stereocenters. The highest BCUT2D eigenvalue weighted by Crippen LogP contribution is 2.38. The number of carbonyl (C=O) groups is 7. The predicted octanol–water partition coefficient (Wildman–Crippen LogP) is 7.84. The van der Waals surface area contributed by atoms with Crippen molar-refractivity contribution >= 4 is 41.4 Å². The lowest BCUT2D eigenvalue weighted by Gasteiger charge is -2.33. The van der Waals surface area contributed by atoms with Crippen molar-refractivity contribution < 1.29 is 113 Å². The number of aromatic hydroxyl groups is 10. The van der Waals surface area contributed by atoms with Gasteiger partial charge in [0.1, 0.15) is 50.0 Å². The summed E-state index contributed by atoms with van der Waals surface area (Å²) in [6.07, 6.45) is 7.44. The van der Waals surface area contributed by atoms with Crippen LogP contribution in [-0.4, -0.2) is 213 Å². The number of nitrogens with zero attached hydrogens (tertiary/aromatic N) is 2. The Labute approximate surface area is 625 Å². The third-order valence-electron chi connectivity index (χ3n) is 17.3. The zero-order valence-corrected chi connectivity index (χ0v) is 60.0. The van der Waals surface area contributed by atoms with Crippen LogP contribution in [0, 0.1) is 5.41 Å². The van der Waals surface area contributed by atoms with E-state index in [1.54, 1.807) is 46.2 Å². The maximum atomic E-state index is 15.0. The van der Waals surface area contributed by atoms with Crippen LogP contribution < -0.4 is 30.7 Å². The molecule has 29 heteroatoms. The molecule has 0 fully saturated rings. The number of carbonyl (C=O) groups excluding carboxylic acids is 7. The Morgan fingerprint density at radius 2 is 0.824 bits per heavy atom. The van der Waals surface area contributed by atoms with Gasteiger partial charge in [-0.3, -0.25) is 43.4 Å². The normalized spacial score (nSPS) is 11.7. The van der Waals surface area contributed by atoms with Gasteiger partial charge in [-0.05, 0) is 135 Å². The maximum absolute atomic E-state index is 15.0. The lowest BCUT2D eigenvalue weighted by Crippen LogP contribution is -2.46. The van der Waals surface area contributed by atoms with E-state index in [0.717, 1.165) is 0 Å². The summed E-state index contributed by atoms with van der Waals surface area (Å²) in [5.41, 5.74) is -0.812. The fraction of sp³-hybridized carbons (Fsp3) is 0.354. The van der Waals surface area contributed by atoms with E-state index in [0.29, 0.717) is 37.3 Å². The summed E-state index contributed by atoms with van der Waals surface area (Å²) in [6, 6.07) is 22.9. The van der Waals surface area contributed by atoms with Gasteiger partial charge in [-0.2, -0.15) is 0 Å². The van der Waals surface area contributed by atoms with Gasteiger partial charge in [0.25, 0.3) is 17.7 Å². The SMILES string of the molecule is C=CCN(CC=C)[C@@H](Cc1ccc(O)c(O)c1)C(=O)OCCOCCOc1cc(OCCOCCOC(=O)[C@H](Cc2ccc(O)c(O)c2)N(CC=C)CC=C)cc(C(=O)NCNC(=O)C(CCCCC(=O)c2cccc(O)c2O)(CCCNC(=O)c2cccc(O)c2O)CCCNC(=O)c2cccc(O)c2O)c1. The molecule has 108 heavy (non-hydrogen) atoms. The Hall–Kier alpha value is -11.8. The summed E-state index contributed by atoms with van der Waals surface area (Å²) >= 11 is 0. The molecule has 6 aromatic carbocycles. The quantitative estimate of drug-likeness (QED) is 0.00431. The molecule has 0 bridgehead atoms. The van der Waals surface area contributed by atoms with Gasteiger partial charge < -0.3 is 101 Å². The summed E-state index contributed by atoms with van der Waals surface area (Å²) in [6.45, 7) is 15.1. The summed E-state index contributed by atoms with van der Waals surface area (Å²) in [7, 11) is 0. The number of phenolic OH excluding ortho intramolecular Hbond substituents is 10. The highest BCUT2D eigenvalue weighted by Gasteiger charge is 2.38. The second-order valence-electron chi connectivity index (χ2n) is 24.9. The van der Waals surface area contributed by atoms with Crippen LogP contribution in [0.3, 0.4) is 0 Å². The molecule has 0 aliphatic rings. The van der Waals surface area contributed by atoms with Crippen LogP contribution in [0.1, 0.15) is 104 Å². The molecule has 6 rings (SSSR count). The Morgan fingerprint density at radius 1 is 0.417 bits per heavy atom. The molecule has 0 aliphatic heterocycles. The second kappa shape index (κ2) is 44.2. The van der Waals surface area contributed by atoms with Crippen LogP contribution in [0.2, 0.25) is 0 Å². The van der Waals surface area contributed by atoms with Crippen LogP contribution in [-0.2, 0) is 46.2 Å². The third kappa shape index (κ3) is 26.4. The van der Waals surface area contributed by atoms with Gasteiger partial charge in [0, 0.05) is 62.7 Å². The molecule has 6 aromatic rings. The van der Waals surface area contributed by atoms with Crippen LogP contribution in [0.15, 0.2) is 160 Å². The molecule has 4 amide bonds. The predicted molar refractivity (Wildman–Crippen MR) is 398 cm³/mol. The first kappa shape index (κ1) is 85.1. The average Bonchev–Trinajstić information content (AvgIpc) is 0.823. The Bertz CT molecular complexity index is 3730. The van der Waals surface area contributed by atoms with E-state index in [4.69, 9.17) is 28.4 Å². The molecular formula is C79H96N6O23. The Kier molecular flexibility index (Phi) is 34.9. The van der Waals surface area contributed by atoms with Gasteiger partial charge in [-0.1, -0.05) is 61.1 Å². The van der Waals surface area contributed by atoms with E-state index in [-0.39, 0.29) is 187 Å². The number of ketones is 1. The topological polar surface area (TPSA) is 432 Å². The molecule has 580 valence electrons. The summed E-state index contributed by atoms with van der Waals surface area (Å²) in [5, 5.41) is 113. The van der Waals surface area contributed by atoms with Crippen molar-refractivity contribution in [1.29, 1.82) is 0 Å². The second-order valence-corrected chi connectivity index (χ2v) is 24.9. The molecule has 29 nitrogen and oxygen atoms in total. The number of hydrogen-bond acceptors (Lipinski definition) is 25. The van der Waals surface area contributed by atoms with E-state index in [9.17, 15) is 79.8 Å². The van der Waals surface area contributed by atoms with Crippen molar-refractivity contribution in [2.45, 2.75) is 76.3 Å². The molecule has 0 radical (unpaired) electrons. The number of Topliss-reactive ketones (excluding diaryl/α,β-unsaturated/α-hetero) is 1. The summed E-state index contributed by atoms with van der Waals surface area (Å²) in [4.78, 5) is 100.0. The number of amides is 4. The number of unbranched alkanes of at least 4 members (excludes halogenated alkanes) is 1. The van der Waals surface area contributed by atoms with Gasteiger partial charge in [0.05, 0.1) is 49.8 Å². The van der Waals surface area contributed by atoms with Gasteiger partial charge in [0.2, 0.25) is 5.91 Å². The Balaban J connectivity index is 1.17. The average molecular weight is 1500 g/mol. The highest BCUT2D eigenvalue weighted by atomic mass is 16.6. The number of esters is 2. The Morgan fingerprint density at radius 3 is 1.25 bits per heavy atom. The zero-order valence-electron chi connectivity index (χ0n) is 60.0. The number of hydrogen-bond donors (Lipinski definition) is 14. The fourth-order valence-electron chi connectivity index (χ4n) is 11.7. The minimum atomic E-state index is -1.37. The van der Waals surface area contributed by atoms with Crippen LogP contribution >= 0.6 is 0 Å². The third-order valence-corrected chi connectivity index (χ3v) is 17.3. The van der Waals surface area contributed by atoms with Gasteiger partial charge >= 0.3 is 11.9 Å². The first-order valence-corrected chi connectivity index (χ1v) is 35.0. The van der Waals surface area contributed by atoms with Gasteiger partial charge in [0.15, 0.2) is 63.3 Å². The molecule has 0 spiro atoms. The first-order chi connectivity index (χ1) is 51.9. The smallest absolute Gasteiger partial charge is 0.323 e. The van der Waals surface area contributed by atoms with Crippen LogP contribution in [0.5, 0.6) is 69.0 Å². The van der Waals surface area contributed by atoms with Crippen molar-refractivity contribution in [3.63, 3.8) is 0 Å². The summed E-state index contributed by atoms with van der Waals surface area (Å²) in [5.74, 6) is -8.95. The van der Waals surface area contributed by atoms with E-state index < -0.39 is 100 Å². The largest absolute Gasteiger partial charge is 0.504 e. The van der Waals surface area contributed by atoms with Crippen molar-refractivity contribution in [2.75, 3.05) is 98.8 Å². The number of para-hydroxylation sites is 3. The van der Waals surface area contributed by atoms with Crippen LogP contribution in [0.4, 0.5) is 0 Å². The van der Waals surface area contributed by atoms with Crippen LogP contribution in [0.25, 0.3) is 0 Å². The summed E-state index contributed by atoms with van der Waals surface area (Å²) < 4.78 is 34.9. The molecule has 14 N–H and O–H groups in total. The molecule has 0 heterocycles. The number of ether oxygens (including phenoxy) is 6.